The number of sulfone groups is 1. The van der Waals surface area contributed by atoms with Crippen molar-refractivity contribution in [1.29, 1.82) is 0 Å². The number of benzene rings is 1. The second-order valence-corrected chi connectivity index (χ2v) is 8.45. The SMILES string of the molecule is CCC(C)N(C)CCNC(=NC)NCc1ccc(S(C)(=O)=O)c(C)c1.I. The lowest BCUT2D eigenvalue weighted by atomic mass is 10.1. The van der Waals surface area contributed by atoms with Crippen LogP contribution in [0.5, 0.6) is 0 Å². The Morgan fingerprint density at radius 2 is 1.96 bits per heavy atom. The van der Waals surface area contributed by atoms with Gasteiger partial charge in [0, 0.05) is 39.0 Å². The van der Waals surface area contributed by atoms with Crippen molar-refractivity contribution in [2.24, 2.45) is 4.99 Å². The minimum Gasteiger partial charge on any atom is -0.355 e. The summed E-state index contributed by atoms with van der Waals surface area (Å²) >= 11 is 0. The van der Waals surface area contributed by atoms with Crippen molar-refractivity contribution in [2.45, 2.75) is 44.7 Å². The summed E-state index contributed by atoms with van der Waals surface area (Å²) in [5, 5.41) is 6.56. The van der Waals surface area contributed by atoms with Gasteiger partial charge in [0.2, 0.25) is 0 Å². The van der Waals surface area contributed by atoms with E-state index >= 15 is 0 Å². The summed E-state index contributed by atoms with van der Waals surface area (Å²) in [5.74, 6) is 0.738. The molecular formula is C18H33IN4O2S. The van der Waals surface area contributed by atoms with Crippen LogP contribution in [0.2, 0.25) is 0 Å². The quantitative estimate of drug-likeness (QED) is 0.329. The van der Waals surface area contributed by atoms with Gasteiger partial charge in [-0.1, -0.05) is 19.1 Å². The van der Waals surface area contributed by atoms with E-state index in [2.05, 4.69) is 41.4 Å². The second-order valence-electron chi connectivity index (χ2n) is 6.46. The number of nitrogens with one attached hydrogen (secondary N) is 2. The van der Waals surface area contributed by atoms with E-state index in [4.69, 9.17) is 0 Å². The van der Waals surface area contributed by atoms with Gasteiger partial charge in [0.25, 0.3) is 0 Å². The fourth-order valence-electron chi connectivity index (χ4n) is 2.53. The van der Waals surface area contributed by atoms with Gasteiger partial charge in [-0.3, -0.25) is 4.99 Å². The van der Waals surface area contributed by atoms with Crippen molar-refractivity contribution in [3.05, 3.63) is 29.3 Å². The van der Waals surface area contributed by atoms with Crippen molar-refractivity contribution in [3.8, 4) is 0 Å². The lowest BCUT2D eigenvalue weighted by Crippen LogP contribution is -2.42. The van der Waals surface area contributed by atoms with Crippen molar-refractivity contribution in [3.63, 3.8) is 0 Å². The highest BCUT2D eigenvalue weighted by molar-refractivity contribution is 14.0. The predicted octanol–water partition coefficient (Wildman–Crippen LogP) is 2.41. The number of hydrogen-bond acceptors (Lipinski definition) is 4. The third-order valence-corrected chi connectivity index (χ3v) is 5.68. The highest BCUT2D eigenvalue weighted by Gasteiger charge is 2.11. The fourth-order valence-corrected chi connectivity index (χ4v) is 3.49. The molecule has 6 nitrogen and oxygen atoms in total. The molecule has 0 bridgehead atoms. The average molecular weight is 496 g/mol. The van der Waals surface area contributed by atoms with Gasteiger partial charge < -0.3 is 15.5 Å². The Kier molecular flexibility index (Phi) is 11.4. The number of halogens is 1. The molecule has 26 heavy (non-hydrogen) atoms. The molecule has 0 heterocycles. The van der Waals surface area contributed by atoms with E-state index in [1.807, 2.05) is 19.1 Å². The van der Waals surface area contributed by atoms with Gasteiger partial charge in [-0.2, -0.15) is 0 Å². The molecule has 8 heteroatoms. The van der Waals surface area contributed by atoms with Crippen molar-refractivity contribution in [1.82, 2.24) is 15.5 Å². The van der Waals surface area contributed by atoms with Gasteiger partial charge in [-0.25, -0.2) is 8.42 Å². The van der Waals surface area contributed by atoms with E-state index in [1.54, 1.807) is 13.1 Å². The maximum absolute atomic E-state index is 11.7. The van der Waals surface area contributed by atoms with Crippen molar-refractivity contribution < 1.29 is 8.42 Å². The van der Waals surface area contributed by atoms with Gasteiger partial charge in [0.1, 0.15) is 0 Å². The molecule has 0 aromatic heterocycles. The molecule has 0 spiro atoms. The molecule has 150 valence electrons. The standard InChI is InChI=1S/C18H32N4O2S.HI/c1-7-15(3)22(5)11-10-20-18(19-4)21-13-16-8-9-17(14(2)12-16)25(6,23)24;/h8-9,12,15H,7,10-11,13H2,1-6H3,(H2,19,20,21);1H. The minimum atomic E-state index is -3.18. The summed E-state index contributed by atoms with van der Waals surface area (Å²) < 4.78 is 23.3. The van der Waals surface area contributed by atoms with Gasteiger partial charge in [-0.15, -0.1) is 24.0 Å². The first-order valence-electron chi connectivity index (χ1n) is 8.63. The van der Waals surface area contributed by atoms with Gasteiger partial charge in [-0.05, 0) is 44.5 Å². The predicted molar refractivity (Wildman–Crippen MR) is 120 cm³/mol. The molecule has 1 rings (SSSR count). The Balaban J connectivity index is 0.00000625. The number of hydrogen-bond donors (Lipinski definition) is 2. The molecule has 1 atom stereocenters. The minimum absolute atomic E-state index is 0. The Labute approximate surface area is 175 Å². The van der Waals surface area contributed by atoms with Gasteiger partial charge in [0.05, 0.1) is 4.90 Å². The van der Waals surface area contributed by atoms with E-state index < -0.39 is 9.84 Å². The zero-order valence-corrected chi connectivity index (χ0v) is 19.8. The number of likely N-dealkylation sites (N-methyl/N-ethyl adjacent to an activating group) is 1. The summed E-state index contributed by atoms with van der Waals surface area (Å²) in [7, 11) is 0.688. The molecule has 0 aliphatic carbocycles. The molecule has 0 radical (unpaired) electrons. The summed E-state index contributed by atoms with van der Waals surface area (Å²) in [6.45, 7) is 8.57. The fraction of sp³-hybridized carbons (Fsp3) is 0.611. The first kappa shape index (κ1) is 25.1. The zero-order valence-electron chi connectivity index (χ0n) is 16.7. The maximum Gasteiger partial charge on any atom is 0.191 e. The summed E-state index contributed by atoms with van der Waals surface area (Å²) in [6.07, 6.45) is 2.36. The number of aryl methyl sites for hydroxylation is 1. The van der Waals surface area contributed by atoms with E-state index in [0.29, 0.717) is 17.5 Å². The van der Waals surface area contributed by atoms with Crippen molar-refractivity contribution in [2.75, 3.05) is 33.4 Å². The van der Waals surface area contributed by atoms with Crippen LogP contribution in [-0.2, 0) is 16.4 Å². The third kappa shape index (κ3) is 8.22. The van der Waals surface area contributed by atoms with Crippen LogP contribution < -0.4 is 10.6 Å². The lowest BCUT2D eigenvalue weighted by molar-refractivity contribution is 0.255. The van der Waals surface area contributed by atoms with Gasteiger partial charge >= 0.3 is 0 Å². The topological polar surface area (TPSA) is 73.8 Å². The summed E-state index contributed by atoms with van der Waals surface area (Å²) in [4.78, 5) is 6.92. The molecular weight excluding hydrogens is 463 g/mol. The van der Waals surface area contributed by atoms with Gasteiger partial charge in [0.15, 0.2) is 15.8 Å². The Hall–Kier alpha value is -0.870. The highest BCUT2D eigenvalue weighted by atomic mass is 127. The van der Waals surface area contributed by atoms with Crippen LogP contribution in [0.15, 0.2) is 28.1 Å². The van der Waals surface area contributed by atoms with Crippen LogP contribution >= 0.6 is 24.0 Å². The molecule has 0 amide bonds. The molecule has 0 fully saturated rings. The van der Waals surface area contributed by atoms with E-state index in [-0.39, 0.29) is 24.0 Å². The zero-order chi connectivity index (χ0) is 19.0. The first-order valence-corrected chi connectivity index (χ1v) is 10.5. The van der Waals surface area contributed by atoms with Crippen LogP contribution in [0.4, 0.5) is 0 Å². The number of rotatable bonds is 8. The Morgan fingerprint density at radius 3 is 2.46 bits per heavy atom. The first-order chi connectivity index (χ1) is 11.7. The maximum atomic E-state index is 11.7. The highest BCUT2D eigenvalue weighted by Crippen LogP contribution is 2.16. The largest absolute Gasteiger partial charge is 0.355 e. The number of aliphatic imine (C=N–C) groups is 1. The summed E-state index contributed by atoms with van der Waals surface area (Å²) in [6, 6.07) is 5.96. The van der Waals surface area contributed by atoms with Crippen LogP contribution in [0.3, 0.4) is 0 Å². The molecule has 0 saturated carbocycles. The Morgan fingerprint density at radius 1 is 1.31 bits per heavy atom. The van der Waals surface area contributed by atoms with E-state index in [0.717, 1.165) is 36.6 Å². The van der Waals surface area contributed by atoms with Crippen LogP contribution in [0.25, 0.3) is 0 Å². The monoisotopic (exact) mass is 496 g/mol. The molecule has 0 aliphatic heterocycles. The molecule has 1 aromatic carbocycles. The number of nitrogens with zero attached hydrogens (tertiary/aromatic N) is 2. The normalized spacial score (nSPS) is 13.3. The third-order valence-electron chi connectivity index (χ3n) is 4.42. The molecule has 1 unspecified atom stereocenters. The van der Waals surface area contributed by atoms with Crippen LogP contribution in [-0.4, -0.2) is 58.8 Å². The molecule has 2 N–H and O–H groups in total. The van der Waals surface area contributed by atoms with Crippen LogP contribution in [0, 0.1) is 6.92 Å². The number of guanidine groups is 1. The average Bonchev–Trinajstić information content (AvgIpc) is 2.55. The Bertz CT molecular complexity index is 692. The van der Waals surface area contributed by atoms with E-state index in [1.165, 1.54) is 6.26 Å². The second kappa shape index (κ2) is 11.8. The molecule has 0 aliphatic rings. The van der Waals surface area contributed by atoms with Crippen molar-refractivity contribution >= 4 is 39.8 Å². The van der Waals surface area contributed by atoms with Crippen LogP contribution in [0.1, 0.15) is 31.4 Å². The molecule has 0 saturated heterocycles. The molecule has 1 aromatic rings. The van der Waals surface area contributed by atoms with E-state index in [9.17, 15) is 8.42 Å². The smallest absolute Gasteiger partial charge is 0.191 e. The lowest BCUT2D eigenvalue weighted by Gasteiger charge is -2.24. The summed E-state index contributed by atoms with van der Waals surface area (Å²) in [5.41, 5.74) is 1.78.